The van der Waals surface area contributed by atoms with Gasteiger partial charge >= 0.3 is 5.97 Å². The molecule has 1 aliphatic rings. The van der Waals surface area contributed by atoms with Crippen LogP contribution in [-0.2, 0) is 19.1 Å². The fourth-order valence-electron chi connectivity index (χ4n) is 3.07. The van der Waals surface area contributed by atoms with E-state index in [-0.39, 0.29) is 19.0 Å². The number of aliphatic hydroxyl groups excluding tert-OH is 1. The zero-order valence-corrected chi connectivity index (χ0v) is 16.7. The van der Waals surface area contributed by atoms with Crippen molar-refractivity contribution >= 4 is 35.0 Å². The zero-order valence-electron chi connectivity index (χ0n) is 16.7. The standard InChI is InChI=1S/C21H22N4O6/c1-30-21(29)13-4-8-15(9-5-13)25-10-11-31-17(20(25)28)16(26)19(27)24-14-6-2-12(3-7-14)18(22)23/h2-9,16-17,26H,10-11H2,1H3,(H3,22,23)(H,24,27). The van der Waals surface area contributed by atoms with Crippen LogP contribution in [0, 0.1) is 5.41 Å². The molecule has 2 amide bonds. The maximum Gasteiger partial charge on any atom is 0.337 e. The Morgan fingerprint density at radius 1 is 1.19 bits per heavy atom. The van der Waals surface area contributed by atoms with E-state index in [1.807, 2.05) is 0 Å². The first kappa shape index (κ1) is 21.9. The number of aliphatic hydroxyl groups is 1. The van der Waals surface area contributed by atoms with Crippen LogP contribution in [0.2, 0.25) is 0 Å². The molecule has 2 aromatic rings. The molecule has 0 saturated carbocycles. The second kappa shape index (κ2) is 9.37. The molecule has 0 aromatic heterocycles. The van der Waals surface area contributed by atoms with E-state index < -0.39 is 30.0 Å². The molecule has 0 aliphatic carbocycles. The Kier molecular flexibility index (Phi) is 6.63. The number of hydrogen-bond acceptors (Lipinski definition) is 7. The van der Waals surface area contributed by atoms with E-state index in [1.165, 1.54) is 36.3 Å². The van der Waals surface area contributed by atoms with Crippen molar-refractivity contribution in [3.63, 3.8) is 0 Å². The van der Waals surface area contributed by atoms with Crippen LogP contribution in [0.3, 0.4) is 0 Å². The average molecular weight is 426 g/mol. The molecule has 5 N–H and O–H groups in total. The van der Waals surface area contributed by atoms with E-state index in [1.54, 1.807) is 24.3 Å². The third kappa shape index (κ3) is 4.87. The Morgan fingerprint density at radius 2 is 1.81 bits per heavy atom. The van der Waals surface area contributed by atoms with E-state index >= 15 is 0 Å². The van der Waals surface area contributed by atoms with Crippen LogP contribution in [0.15, 0.2) is 48.5 Å². The van der Waals surface area contributed by atoms with E-state index in [0.29, 0.717) is 22.5 Å². The predicted octanol–water partition coefficient (Wildman–Crippen LogP) is 0.489. The summed E-state index contributed by atoms with van der Waals surface area (Å²) in [4.78, 5) is 38.2. The molecule has 2 unspecified atom stereocenters. The number of nitrogens with two attached hydrogens (primary N) is 1. The second-order valence-electron chi connectivity index (χ2n) is 6.74. The largest absolute Gasteiger partial charge is 0.465 e. The molecule has 3 rings (SSSR count). The van der Waals surface area contributed by atoms with Crippen LogP contribution in [-0.4, -0.2) is 61.2 Å². The number of nitrogens with one attached hydrogen (secondary N) is 2. The molecule has 10 heteroatoms. The van der Waals surface area contributed by atoms with Gasteiger partial charge in [0.25, 0.3) is 11.8 Å². The van der Waals surface area contributed by atoms with Crippen LogP contribution in [0.4, 0.5) is 11.4 Å². The summed E-state index contributed by atoms with van der Waals surface area (Å²) < 4.78 is 10.0. The highest BCUT2D eigenvalue weighted by Crippen LogP contribution is 2.22. The van der Waals surface area contributed by atoms with Crippen LogP contribution >= 0.6 is 0 Å². The molecule has 31 heavy (non-hydrogen) atoms. The van der Waals surface area contributed by atoms with E-state index in [4.69, 9.17) is 15.9 Å². The van der Waals surface area contributed by atoms with Crippen molar-refractivity contribution in [2.24, 2.45) is 5.73 Å². The minimum Gasteiger partial charge on any atom is -0.465 e. The maximum atomic E-state index is 12.9. The van der Waals surface area contributed by atoms with Crippen LogP contribution in [0.1, 0.15) is 15.9 Å². The molecular weight excluding hydrogens is 404 g/mol. The average Bonchev–Trinajstić information content (AvgIpc) is 2.78. The summed E-state index contributed by atoms with van der Waals surface area (Å²) in [5.41, 5.74) is 7.07. The van der Waals surface area contributed by atoms with Gasteiger partial charge in [0.15, 0.2) is 12.2 Å². The van der Waals surface area contributed by atoms with Crippen LogP contribution in [0.5, 0.6) is 0 Å². The second-order valence-corrected chi connectivity index (χ2v) is 6.74. The van der Waals surface area contributed by atoms with Gasteiger partial charge in [0, 0.05) is 23.5 Å². The number of amides is 2. The van der Waals surface area contributed by atoms with Gasteiger partial charge < -0.3 is 30.5 Å². The Bertz CT molecular complexity index is 990. The first-order valence-corrected chi connectivity index (χ1v) is 9.36. The molecule has 2 atom stereocenters. The number of carbonyl (C=O) groups excluding carboxylic acids is 3. The number of anilines is 2. The third-order valence-electron chi connectivity index (χ3n) is 4.74. The highest BCUT2D eigenvalue weighted by Gasteiger charge is 2.39. The number of ether oxygens (including phenoxy) is 2. The molecule has 1 saturated heterocycles. The lowest BCUT2D eigenvalue weighted by molar-refractivity contribution is -0.150. The number of esters is 1. The highest BCUT2D eigenvalue weighted by molar-refractivity contribution is 6.04. The smallest absolute Gasteiger partial charge is 0.337 e. The quantitative estimate of drug-likeness (QED) is 0.298. The molecule has 0 spiro atoms. The van der Waals surface area contributed by atoms with Crippen molar-refractivity contribution in [1.29, 1.82) is 5.41 Å². The number of hydrogen-bond donors (Lipinski definition) is 4. The lowest BCUT2D eigenvalue weighted by Crippen LogP contribution is -2.55. The van der Waals surface area contributed by atoms with Crippen LogP contribution < -0.4 is 16.0 Å². The fourth-order valence-corrected chi connectivity index (χ4v) is 3.07. The summed E-state index contributed by atoms with van der Waals surface area (Å²) in [6.45, 7) is 0.348. The van der Waals surface area contributed by atoms with Gasteiger partial charge in [0.2, 0.25) is 0 Å². The van der Waals surface area contributed by atoms with Crippen LogP contribution in [0.25, 0.3) is 0 Å². The number of nitrogen functional groups attached to an aromatic ring is 1. The Hall–Kier alpha value is -3.76. The van der Waals surface area contributed by atoms with E-state index in [0.717, 1.165) is 0 Å². The number of nitrogens with zero attached hydrogens (tertiary/aromatic N) is 1. The van der Waals surface area contributed by atoms with Gasteiger partial charge in [-0.15, -0.1) is 0 Å². The number of carbonyl (C=O) groups is 3. The van der Waals surface area contributed by atoms with E-state index in [9.17, 15) is 19.5 Å². The predicted molar refractivity (Wildman–Crippen MR) is 112 cm³/mol. The van der Waals surface area contributed by atoms with Gasteiger partial charge in [-0.1, -0.05) is 0 Å². The number of morpholine rings is 1. The number of rotatable bonds is 6. The SMILES string of the molecule is COC(=O)c1ccc(N2CCOC(C(O)C(=O)Nc3ccc(C(=N)N)cc3)C2=O)cc1. The monoisotopic (exact) mass is 426 g/mol. The zero-order chi connectivity index (χ0) is 22.5. The molecular formula is C21H22N4O6. The van der Waals surface area contributed by atoms with Gasteiger partial charge in [-0.3, -0.25) is 15.0 Å². The van der Waals surface area contributed by atoms with Crippen molar-refractivity contribution in [3.05, 3.63) is 59.7 Å². The molecule has 0 radical (unpaired) electrons. The summed E-state index contributed by atoms with van der Waals surface area (Å²) in [7, 11) is 1.27. The number of amidine groups is 1. The third-order valence-corrected chi connectivity index (χ3v) is 4.74. The lowest BCUT2D eigenvalue weighted by Gasteiger charge is -2.34. The molecule has 1 fully saturated rings. The molecule has 10 nitrogen and oxygen atoms in total. The fraction of sp³-hybridized carbons (Fsp3) is 0.238. The normalized spacial score (nSPS) is 17.0. The Morgan fingerprint density at radius 3 is 2.39 bits per heavy atom. The number of methoxy groups -OCH3 is 1. The van der Waals surface area contributed by atoms with Crippen molar-refractivity contribution < 1.29 is 29.0 Å². The minimum atomic E-state index is -1.74. The summed E-state index contributed by atoms with van der Waals surface area (Å²) in [5.74, 6) is -2.00. The summed E-state index contributed by atoms with van der Waals surface area (Å²) >= 11 is 0. The summed E-state index contributed by atoms with van der Waals surface area (Å²) in [6.07, 6.45) is -3.12. The molecule has 1 heterocycles. The molecule has 0 bridgehead atoms. The van der Waals surface area contributed by atoms with Crippen molar-refractivity contribution in [2.75, 3.05) is 30.5 Å². The minimum absolute atomic E-state index is 0.112. The van der Waals surface area contributed by atoms with Crippen molar-refractivity contribution in [2.45, 2.75) is 12.2 Å². The van der Waals surface area contributed by atoms with E-state index in [2.05, 4.69) is 10.1 Å². The molecule has 1 aliphatic heterocycles. The van der Waals surface area contributed by atoms with Crippen molar-refractivity contribution in [1.82, 2.24) is 0 Å². The Balaban J connectivity index is 1.68. The van der Waals surface area contributed by atoms with Gasteiger partial charge in [0.1, 0.15) is 5.84 Å². The molecule has 2 aromatic carbocycles. The van der Waals surface area contributed by atoms with Gasteiger partial charge in [0.05, 0.1) is 19.3 Å². The van der Waals surface area contributed by atoms with Gasteiger partial charge in [-0.2, -0.15) is 0 Å². The first-order valence-electron chi connectivity index (χ1n) is 9.36. The topological polar surface area (TPSA) is 155 Å². The summed E-state index contributed by atoms with van der Waals surface area (Å²) in [5, 5.41) is 20.3. The first-order chi connectivity index (χ1) is 14.8. The summed E-state index contributed by atoms with van der Waals surface area (Å²) in [6, 6.07) is 12.4. The highest BCUT2D eigenvalue weighted by atomic mass is 16.5. The maximum absolute atomic E-state index is 12.9. The lowest BCUT2D eigenvalue weighted by atomic mass is 10.1. The molecule has 162 valence electrons. The van der Waals surface area contributed by atoms with Crippen molar-refractivity contribution in [3.8, 4) is 0 Å². The van der Waals surface area contributed by atoms with Gasteiger partial charge in [-0.05, 0) is 48.5 Å². The number of benzene rings is 2. The van der Waals surface area contributed by atoms with Gasteiger partial charge in [-0.25, -0.2) is 4.79 Å². The Labute approximate surface area is 178 Å².